The van der Waals surface area contributed by atoms with Crippen molar-refractivity contribution in [1.29, 1.82) is 0 Å². The van der Waals surface area contributed by atoms with E-state index in [2.05, 4.69) is 5.10 Å². The summed E-state index contributed by atoms with van der Waals surface area (Å²) in [6.07, 6.45) is 3.53. The molecule has 1 heterocycles. The van der Waals surface area contributed by atoms with Gasteiger partial charge >= 0.3 is 0 Å². The molecule has 0 aliphatic rings. The summed E-state index contributed by atoms with van der Waals surface area (Å²) in [7, 11) is 0. The molecule has 0 amide bonds. The summed E-state index contributed by atoms with van der Waals surface area (Å²) in [6, 6.07) is 7.24. The predicted octanol–water partition coefficient (Wildman–Crippen LogP) is 2.81. The van der Waals surface area contributed by atoms with Crippen LogP contribution >= 0.6 is 11.6 Å². The van der Waals surface area contributed by atoms with E-state index in [-0.39, 0.29) is 0 Å². The fraction of sp³-hybridized carbons (Fsp3) is 0.308. The van der Waals surface area contributed by atoms with Crippen molar-refractivity contribution in [3.8, 4) is 0 Å². The van der Waals surface area contributed by atoms with Crippen LogP contribution in [0.4, 0.5) is 0 Å². The highest BCUT2D eigenvalue weighted by Crippen LogP contribution is 2.30. The minimum Gasteiger partial charge on any atom is -0.381 e. The second kappa shape index (κ2) is 4.51. The minimum absolute atomic E-state index is 0.616. The first-order valence-electron chi connectivity index (χ1n) is 5.55. The quantitative estimate of drug-likeness (QED) is 0.910. The molecule has 1 unspecified atom stereocenters. The van der Waals surface area contributed by atoms with Crippen LogP contribution in [0.5, 0.6) is 0 Å². The Morgan fingerprint density at radius 2 is 2.18 bits per heavy atom. The first-order chi connectivity index (χ1) is 8.04. The van der Waals surface area contributed by atoms with E-state index < -0.39 is 5.60 Å². The van der Waals surface area contributed by atoms with E-state index in [9.17, 15) is 5.11 Å². The number of aromatic nitrogens is 2. The highest BCUT2D eigenvalue weighted by Gasteiger charge is 2.27. The maximum absolute atomic E-state index is 10.6. The highest BCUT2D eigenvalue weighted by atomic mass is 35.5. The lowest BCUT2D eigenvalue weighted by Gasteiger charge is -2.22. The third kappa shape index (κ3) is 2.35. The first-order valence-corrected chi connectivity index (χ1v) is 5.93. The minimum atomic E-state index is -1.07. The van der Waals surface area contributed by atoms with Crippen LogP contribution in [0.1, 0.15) is 25.0 Å². The van der Waals surface area contributed by atoms with Crippen LogP contribution < -0.4 is 0 Å². The second-order valence-corrected chi connectivity index (χ2v) is 4.60. The lowest BCUT2D eigenvalue weighted by atomic mass is 9.90. The topological polar surface area (TPSA) is 38.0 Å². The fourth-order valence-corrected chi connectivity index (χ4v) is 1.94. The molecule has 17 heavy (non-hydrogen) atoms. The monoisotopic (exact) mass is 250 g/mol. The van der Waals surface area contributed by atoms with E-state index in [1.165, 1.54) is 0 Å². The zero-order valence-electron chi connectivity index (χ0n) is 9.89. The average molecular weight is 251 g/mol. The summed E-state index contributed by atoms with van der Waals surface area (Å²) < 4.78 is 1.79. The van der Waals surface area contributed by atoms with Crippen molar-refractivity contribution in [2.45, 2.75) is 26.0 Å². The van der Waals surface area contributed by atoms with Gasteiger partial charge in [-0.25, -0.2) is 0 Å². The van der Waals surface area contributed by atoms with E-state index in [1.807, 2.05) is 25.3 Å². The SMILES string of the molecule is CCn1cc(C(C)(O)c2cccc(Cl)c2)cn1. The summed E-state index contributed by atoms with van der Waals surface area (Å²) in [4.78, 5) is 0. The lowest BCUT2D eigenvalue weighted by molar-refractivity contribution is 0.102. The number of benzene rings is 1. The molecule has 2 rings (SSSR count). The fourth-order valence-electron chi connectivity index (χ4n) is 1.75. The number of aliphatic hydroxyl groups is 1. The highest BCUT2D eigenvalue weighted by molar-refractivity contribution is 6.30. The van der Waals surface area contributed by atoms with E-state index in [1.54, 1.807) is 29.9 Å². The molecule has 0 saturated heterocycles. The van der Waals surface area contributed by atoms with Crippen LogP contribution in [0.15, 0.2) is 36.7 Å². The van der Waals surface area contributed by atoms with Crippen molar-refractivity contribution >= 4 is 11.6 Å². The molecule has 0 bridgehead atoms. The van der Waals surface area contributed by atoms with Crippen LogP contribution in [0.2, 0.25) is 5.02 Å². The Morgan fingerprint density at radius 3 is 2.76 bits per heavy atom. The largest absolute Gasteiger partial charge is 0.381 e. The third-order valence-electron chi connectivity index (χ3n) is 2.91. The maximum atomic E-state index is 10.6. The van der Waals surface area contributed by atoms with Crippen LogP contribution in [-0.2, 0) is 12.1 Å². The van der Waals surface area contributed by atoms with Gasteiger partial charge in [0.2, 0.25) is 0 Å². The Bertz CT molecular complexity index is 520. The number of nitrogens with zero attached hydrogens (tertiary/aromatic N) is 2. The van der Waals surface area contributed by atoms with Gasteiger partial charge in [0.25, 0.3) is 0 Å². The van der Waals surface area contributed by atoms with Crippen molar-refractivity contribution in [3.05, 3.63) is 52.8 Å². The predicted molar refractivity (Wildman–Crippen MR) is 68.0 cm³/mol. The van der Waals surface area contributed by atoms with E-state index in [0.29, 0.717) is 5.02 Å². The van der Waals surface area contributed by atoms with Gasteiger partial charge in [-0.1, -0.05) is 23.7 Å². The Balaban J connectivity index is 2.41. The Morgan fingerprint density at radius 1 is 1.41 bits per heavy atom. The summed E-state index contributed by atoms with van der Waals surface area (Å²) in [5, 5.41) is 15.4. The smallest absolute Gasteiger partial charge is 0.115 e. The molecular weight excluding hydrogens is 236 g/mol. The molecule has 0 radical (unpaired) electrons. The molecular formula is C13H15ClN2O. The van der Waals surface area contributed by atoms with Crippen LogP contribution in [-0.4, -0.2) is 14.9 Å². The second-order valence-electron chi connectivity index (χ2n) is 4.17. The number of aryl methyl sites for hydroxylation is 1. The molecule has 0 saturated carbocycles. The van der Waals surface area contributed by atoms with Gasteiger partial charge in [0.05, 0.1) is 6.20 Å². The van der Waals surface area contributed by atoms with Gasteiger partial charge in [-0.3, -0.25) is 4.68 Å². The van der Waals surface area contributed by atoms with Crippen LogP contribution in [0.25, 0.3) is 0 Å². The standard InChI is InChI=1S/C13H15ClN2O/c1-3-16-9-11(8-15-16)13(2,17)10-5-4-6-12(14)7-10/h4-9,17H,3H2,1-2H3. The van der Waals surface area contributed by atoms with Gasteiger partial charge in [-0.15, -0.1) is 0 Å². The third-order valence-corrected chi connectivity index (χ3v) is 3.14. The van der Waals surface area contributed by atoms with E-state index in [0.717, 1.165) is 17.7 Å². The number of hydrogen-bond donors (Lipinski definition) is 1. The number of rotatable bonds is 3. The van der Waals surface area contributed by atoms with Gasteiger partial charge in [-0.2, -0.15) is 5.10 Å². The van der Waals surface area contributed by atoms with Crippen molar-refractivity contribution in [1.82, 2.24) is 9.78 Å². The van der Waals surface area contributed by atoms with Gasteiger partial charge in [0, 0.05) is 23.3 Å². The molecule has 1 N–H and O–H groups in total. The molecule has 4 heteroatoms. The zero-order chi connectivity index (χ0) is 12.5. The van der Waals surface area contributed by atoms with Crippen LogP contribution in [0.3, 0.4) is 0 Å². The molecule has 1 aromatic heterocycles. The summed E-state index contributed by atoms with van der Waals surface area (Å²) in [6.45, 7) is 4.53. The molecule has 0 aliphatic carbocycles. The van der Waals surface area contributed by atoms with Crippen molar-refractivity contribution < 1.29 is 5.11 Å². The van der Waals surface area contributed by atoms with Crippen molar-refractivity contribution in [2.75, 3.05) is 0 Å². The van der Waals surface area contributed by atoms with Gasteiger partial charge in [0.1, 0.15) is 5.60 Å². The molecule has 90 valence electrons. The maximum Gasteiger partial charge on any atom is 0.115 e. The first kappa shape index (κ1) is 12.1. The number of halogens is 1. The van der Waals surface area contributed by atoms with Gasteiger partial charge < -0.3 is 5.11 Å². The Hall–Kier alpha value is -1.32. The summed E-state index contributed by atoms with van der Waals surface area (Å²) in [5.41, 5.74) is 0.459. The summed E-state index contributed by atoms with van der Waals surface area (Å²) >= 11 is 5.94. The molecule has 1 aromatic carbocycles. The Kier molecular flexibility index (Phi) is 3.22. The molecule has 1 atom stereocenters. The normalized spacial score (nSPS) is 14.6. The van der Waals surface area contributed by atoms with Gasteiger partial charge in [-0.05, 0) is 31.5 Å². The summed E-state index contributed by atoms with van der Waals surface area (Å²) in [5.74, 6) is 0. The molecule has 2 aromatic rings. The van der Waals surface area contributed by atoms with Crippen LogP contribution in [0, 0.1) is 0 Å². The number of hydrogen-bond acceptors (Lipinski definition) is 2. The van der Waals surface area contributed by atoms with Crippen molar-refractivity contribution in [2.24, 2.45) is 0 Å². The lowest BCUT2D eigenvalue weighted by Crippen LogP contribution is -2.22. The van der Waals surface area contributed by atoms with Crippen molar-refractivity contribution in [3.63, 3.8) is 0 Å². The zero-order valence-corrected chi connectivity index (χ0v) is 10.6. The molecule has 0 aliphatic heterocycles. The molecule has 0 spiro atoms. The molecule has 3 nitrogen and oxygen atoms in total. The Labute approximate surface area is 106 Å². The van der Waals surface area contributed by atoms with E-state index >= 15 is 0 Å². The van der Waals surface area contributed by atoms with E-state index in [4.69, 9.17) is 11.6 Å². The average Bonchev–Trinajstić information content (AvgIpc) is 2.78. The van der Waals surface area contributed by atoms with Gasteiger partial charge in [0.15, 0.2) is 0 Å². The molecule has 0 fully saturated rings.